The van der Waals surface area contributed by atoms with Crippen LogP contribution in [-0.2, 0) is 4.79 Å². The Morgan fingerprint density at radius 1 is 1.29 bits per heavy atom. The Balaban J connectivity index is 2.08. The smallest absolute Gasteiger partial charge is 0.248 e. The summed E-state index contributed by atoms with van der Waals surface area (Å²) in [4.78, 5) is 11.8. The zero-order chi connectivity index (χ0) is 15.2. The van der Waals surface area contributed by atoms with Crippen molar-refractivity contribution in [2.45, 2.75) is 0 Å². The van der Waals surface area contributed by atoms with Crippen LogP contribution in [0.3, 0.4) is 0 Å². The molecular formula is C16H16N2O3. The van der Waals surface area contributed by atoms with Crippen LogP contribution in [0.1, 0.15) is 5.56 Å². The fourth-order valence-corrected chi connectivity index (χ4v) is 1.75. The van der Waals surface area contributed by atoms with Gasteiger partial charge in [0.15, 0.2) is 0 Å². The van der Waals surface area contributed by atoms with Crippen LogP contribution >= 0.6 is 0 Å². The van der Waals surface area contributed by atoms with Crippen molar-refractivity contribution in [2.24, 2.45) is 0 Å². The number of amides is 1. The molecule has 2 aromatic rings. The van der Waals surface area contributed by atoms with Crippen molar-refractivity contribution in [1.82, 2.24) is 0 Å². The third-order valence-electron chi connectivity index (χ3n) is 2.80. The summed E-state index contributed by atoms with van der Waals surface area (Å²) >= 11 is 0. The molecule has 0 radical (unpaired) electrons. The molecule has 0 unspecified atom stereocenters. The largest absolute Gasteiger partial charge is 0.506 e. The minimum atomic E-state index is -0.360. The van der Waals surface area contributed by atoms with Crippen molar-refractivity contribution in [3.8, 4) is 11.5 Å². The second-order valence-electron chi connectivity index (χ2n) is 4.38. The van der Waals surface area contributed by atoms with E-state index in [1.165, 1.54) is 19.3 Å². The van der Waals surface area contributed by atoms with E-state index < -0.39 is 0 Å². The van der Waals surface area contributed by atoms with Gasteiger partial charge in [0.2, 0.25) is 5.91 Å². The lowest BCUT2D eigenvalue weighted by molar-refractivity contribution is -0.111. The number of phenolic OH excluding ortho intramolecular Hbond substituents is 1. The summed E-state index contributed by atoms with van der Waals surface area (Å²) in [6.07, 6.45) is 3.01. The number of methoxy groups -OCH3 is 1. The minimum absolute atomic E-state index is 0.0264. The second-order valence-corrected chi connectivity index (χ2v) is 4.38. The zero-order valence-electron chi connectivity index (χ0n) is 11.5. The molecule has 0 aliphatic carbocycles. The molecular weight excluding hydrogens is 268 g/mol. The summed E-state index contributed by atoms with van der Waals surface area (Å²) in [5.41, 5.74) is 7.39. The van der Waals surface area contributed by atoms with E-state index in [4.69, 9.17) is 10.5 Å². The highest BCUT2D eigenvalue weighted by molar-refractivity contribution is 6.02. The third kappa shape index (κ3) is 4.01. The van der Waals surface area contributed by atoms with Gasteiger partial charge in [0.05, 0.1) is 12.8 Å². The van der Waals surface area contributed by atoms with E-state index in [1.54, 1.807) is 36.4 Å². The number of hydrogen-bond donors (Lipinski definition) is 3. The summed E-state index contributed by atoms with van der Waals surface area (Å²) in [6, 6.07) is 11.8. The topological polar surface area (TPSA) is 84.6 Å². The van der Waals surface area contributed by atoms with Crippen molar-refractivity contribution in [3.05, 3.63) is 54.1 Å². The van der Waals surface area contributed by atoms with Crippen molar-refractivity contribution < 1.29 is 14.6 Å². The van der Waals surface area contributed by atoms with Gasteiger partial charge in [0.25, 0.3) is 0 Å². The average molecular weight is 284 g/mol. The molecule has 1 amide bonds. The lowest BCUT2D eigenvalue weighted by Crippen LogP contribution is -2.08. The van der Waals surface area contributed by atoms with Crippen LogP contribution in [0.5, 0.6) is 11.5 Å². The normalized spacial score (nSPS) is 10.5. The summed E-state index contributed by atoms with van der Waals surface area (Å²) in [5.74, 6) is 0.158. The molecule has 0 fully saturated rings. The molecule has 5 heteroatoms. The average Bonchev–Trinajstić information content (AvgIpc) is 2.47. The minimum Gasteiger partial charge on any atom is -0.506 e. The maximum absolute atomic E-state index is 11.8. The Morgan fingerprint density at radius 2 is 2.10 bits per heavy atom. The first kappa shape index (κ1) is 14.5. The molecule has 0 saturated heterocycles. The molecule has 0 spiro atoms. The molecule has 0 aromatic heterocycles. The molecule has 0 bridgehead atoms. The number of phenols is 1. The highest BCUT2D eigenvalue weighted by Gasteiger charge is 2.05. The molecule has 21 heavy (non-hydrogen) atoms. The molecule has 0 aliphatic rings. The molecule has 4 N–H and O–H groups in total. The predicted molar refractivity (Wildman–Crippen MR) is 83.2 cm³/mol. The standard InChI is InChI=1S/C16H16N2O3/c1-21-13-6-7-15(19)14(10-13)18-16(20)8-5-11-3-2-4-12(17)9-11/h2-10,19H,17H2,1H3,(H,18,20)/b8-5+. The summed E-state index contributed by atoms with van der Waals surface area (Å²) in [7, 11) is 1.51. The van der Waals surface area contributed by atoms with Gasteiger partial charge < -0.3 is 20.9 Å². The number of aromatic hydroxyl groups is 1. The molecule has 0 heterocycles. The first-order valence-electron chi connectivity index (χ1n) is 6.30. The Bertz CT molecular complexity index is 681. The van der Waals surface area contributed by atoms with Gasteiger partial charge in [-0.25, -0.2) is 0 Å². The van der Waals surface area contributed by atoms with E-state index in [0.29, 0.717) is 11.4 Å². The molecule has 2 aromatic carbocycles. The number of ether oxygens (including phenoxy) is 1. The van der Waals surface area contributed by atoms with E-state index in [0.717, 1.165) is 5.56 Å². The lowest BCUT2D eigenvalue weighted by Gasteiger charge is -2.07. The molecule has 108 valence electrons. The molecule has 0 aliphatic heterocycles. The lowest BCUT2D eigenvalue weighted by atomic mass is 10.2. The number of nitrogens with two attached hydrogens (primary N) is 1. The van der Waals surface area contributed by atoms with Crippen LogP contribution in [0, 0.1) is 0 Å². The van der Waals surface area contributed by atoms with Crippen molar-refractivity contribution >= 4 is 23.4 Å². The molecule has 0 saturated carbocycles. The van der Waals surface area contributed by atoms with E-state index >= 15 is 0 Å². The number of benzene rings is 2. The van der Waals surface area contributed by atoms with Crippen LogP contribution < -0.4 is 15.8 Å². The quantitative estimate of drug-likeness (QED) is 0.458. The number of carbonyl (C=O) groups is 1. The Hall–Kier alpha value is -2.95. The van der Waals surface area contributed by atoms with Gasteiger partial charge in [-0.15, -0.1) is 0 Å². The van der Waals surface area contributed by atoms with E-state index in [1.807, 2.05) is 6.07 Å². The van der Waals surface area contributed by atoms with Gasteiger partial charge in [-0.3, -0.25) is 4.79 Å². The summed E-state index contributed by atoms with van der Waals surface area (Å²) < 4.78 is 5.04. The fourth-order valence-electron chi connectivity index (χ4n) is 1.75. The Kier molecular flexibility index (Phi) is 4.46. The van der Waals surface area contributed by atoms with Crippen LogP contribution in [0.4, 0.5) is 11.4 Å². The third-order valence-corrected chi connectivity index (χ3v) is 2.80. The number of hydrogen-bond acceptors (Lipinski definition) is 4. The van der Waals surface area contributed by atoms with Crippen molar-refractivity contribution in [2.75, 3.05) is 18.2 Å². The number of rotatable bonds is 4. The summed E-state index contributed by atoms with van der Waals surface area (Å²) in [5, 5.41) is 12.3. The summed E-state index contributed by atoms with van der Waals surface area (Å²) in [6.45, 7) is 0. The van der Waals surface area contributed by atoms with Crippen LogP contribution in [0.25, 0.3) is 6.08 Å². The van der Waals surface area contributed by atoms with Crippen LogP contribution in [-0.4, -0.2) is 18.1 Å². The van der Waals surface area contributed by atoms with Crippen LogP contribution in [0.2, 0.25) is 0 Å². The van der Waals surface area contributed by atoms with E-state index in [2.05, 4.69) is 5.32 Å². The van der Waals surface area contributed by atoms with Gasteiger partial charge in [0, 0.05) is 17.8 Å². The Morgan fingerprint density at radius 3 is 2.81 bits per heavy atom. The SMILES string of the molecule is COc1ccc(O)c(NC(=O)/C=C/c2cccc(N)c2)c1. The molecule has 0 atom stereocenters. The predicted octanol–water partition coefficient (Wildman–Crippen LogP) is 2.63. The molecule has 2 rings (SSSR count). The van der Waals surface area contributed by atoms with Gasteiger partial charge in [0.1, 0.15) is 11.5 Å². The van der Waals surface area contributed by atoms with Crippen LogP contribution in [0.15, 0.2) is 48.5 Å². The number of nitrogens with one attached hydrogen (secondary N) is 1. The second kappa shape index (κ2) is 6.47. The monoisotopic (exact) mass is 284 g/mol. The van der Waals surface area contributed by atoms with E-state index in [-0.39, 0.29) is 17.3 Å². The van der Waals surface area contributed by atoms with Gasteiger partial charge in [-0.2, -0.15) is 0 Å². The number of anilines is 2. The van der Waals surface area contributed by atoms with Gasteiger partial charge >= 0.3 is 0 Å². The van der Waals surface area contributed by atoms with E-state index in [9.17, 15) is 9.90 Å². The highest BCUT2D eigenvalue weighted by atomic mass is 16.5. The maximum Gasteiger partial charge on any atom is 0.248 e. The highest BCUT2D eigenvalue weighted by Crippen LogP contribution is 2.27. The first-order chi connectivity index (χ1) is 10.1. The van der Waals surface area contributed by atoms with Crippen molar-refractivity contribution in [1.29, 1.82) is 0 Å². The number of nitrogen functional groups attached to an aromatic ring is 1. The number of carbonyl (C=O) groups excluding carboxylic acids is 1. The van der Waals surface area contributed by atoms with Gasteiger partial charge in [-0.1, -0.05) is 12.1 Å². The van der Waals surface area contributed by atoms with Crippen molar-refractivity contribution in [3.63, 3.8) is 0 Å². The molecule has 5 nitrogen and oxygen atoms in total. The Labute approximate surface area is 122 Å². The maximum atomic E-state index is 11.8. The first-order valence-corrected chi connectivity index (χ1v) is 6.30. The zero-order valence-corrected chi connectivity index (χ0v) is 11.5. The van der Waals surface area contributed by atoms with Gasteiger partial charge in [-0.05, 0) is 35.9 Å². The fraction of sp³-hybridized carbons (Fsp3) is 0.0625.